The minimum absolute atomic E-state index is 0.00245. The topological polar surface area (TPSA) is 61.7 Å². The maximum atomic E-state index is 12.8. The summed E-state index contributed by atoms with van der Waals surface area (Å²) in [6.07, 6.45) is 2.16. The molecule has 4 rings (SSSR count). The molecule has 2 aromatic rings. The number of hydrogen-bond acceptors (Lipinski definition) is 4. The minimum atomic E-state index is -0.0603. The molecular formula is C21H26N2O4. The average Bonchev–Trinajstić information content (AvgIpc) is 3.30. The SMILES string of the molecule is Cc1cc(C(=O)NC(C)C2CCCO2)c(C)n1-c1ccc2c(c1)OCCO2. The van der Waals surface area contributed by atoms with Gasteiger partial charge in [-0.3, -0.25) is 4.79 Å². The molecule has 144 valence electrons. The third-order valence-electron chi connectivity index (χ3n) is 5.34. The molecule has 0 saturated carbocycles. The molecule has 1 saturated heterocycles. The van der Waals surface area contributed by atoms with Crippen LogP contribution < -0.4 is 14.8 Å². The zero-order valence-corrected chi connectivity index (χ0v) is 16.1. The Morgan fingerprint density at radius 1 is 1.15 bits per heavy atom. The second kappa shape index (κ2) is 7.27. The van der Waals surface area contributed by atoms with Crippen LogP contribution in [0.3, 0.4) is 0 Å². The normalized spacial score (nSPS) is 19.7. The number of nitrogens with one attached hydrogen (secondary N) is 1. The van der Waals surface area contributed by atoms with Crippen molar-refractivity contribution in [2.45, 2.75) is 45.8 Å². The van der Waals surface area contributed by atoms with Gasteiger partial charge in [0.2, 0.25) is 0 Å². The van der Waals surface area contributed by atoms with E-state index in [0.29, 0.717) is 18.8 Å². The molecule has 2 atom stereocenters. The molecule has 1 aromatic carbocycles. The van der Waals surface area contributed by atoms with Gasteiger partial charge in [0.15, 0.2) is 11.5 Å². The zero-order chi connectivity index (χ0) is 19.0. The molecule has 1 N–H and O–H groups in total. The Hall–Kier alpha value is -2.47. The minimum Gasteiger partial charge on any atom is -0.486 e. The van der Waals surface area contributed by atoms with E-state index in [2.05, 4.69) is 9.88 Å². The van der Waals surface area contributed by atoms with Crippen LogP contribution in [0, 0.1) is 13.8 Å². The van der Waals surface area contributed by atoms with Gasteiger partial charge in [0, 0.05) is 29.7 Å². The Balaban J connectivity index is 1.59. The van der Waals surface area contributed by atoms with E-state index in [-0.39, 0.29) is 18.1 Å². The van der Waals surface area contributed by atoms with Crippen LogP contribution in [0.4, 0.5) is 0 Å². The van der Waals surface area contributed by atoms with Crippen molar-refractivity contribution in [2.75, 3.05) is 19.8 Å². The first-order valence-electron chi connectivity index (χ1n) is 9.56. The molecule has 0 spiro atoms. The Labute approximate surface area is 159 Å². The van der Waals surface area contributed by atoms with Gasteiger partial charge in [-0.05, 0) is 51.8 Å². The highest BCUT2D eigenvalue weighted by molar-refractivity contribution is 5.96. The number of amides is 1. The molecule has 1 amide bonds. The third-order valence-corrected chi connectivity index (χ3v) is 5.34. The Morgan fingerprint density at radius 2 is 1.93 bits per heavy atom. The van der Waals surface area contributed by atoms with E-state index in [9.17, 15) is 4.79 Å². The Kier molecular flexibility index (Phi) is 4.83. The third kappa shape index (κ3) is 3.41. The number of aryl methyl sites for hydroxylation is 1. The van der Waals surface area contributed by atoms with Crippen LogP contribution in [-0.4, -0.2) is 42.4 Å². The number of rotatable bonds is 4. The maximum absolute atomic E-state index is 12.8. The Bertz CT molecular complexity index is 852. The number of benzene rings is 1. The van der Waals surface area contributed by atoms with E-state index >= 15 is 0 Å². The van der Waals surface area contributed by atoms with Crippen LogP contribution in [0.2, 0.25) is 0 Å². The first-order chi connectivity index (χ1) is 13.0. The van der Waals surface area contributed by atoms with Gasteiger partial charge in [0.05, 0.1) is 17.7 Å². The second-order valence-corrected chi connectivity index (χ2v) is 7.26. The predicted molar refractivity (Wildman–Crippen MR) is 102 cm³/mol. The highest BCUT2D eigenvalue weighted by Gasteiger charge is 2.26. The van der Waals surface area contributed by atoms with Crippen LogP contribution in [0.1, 0.15) is 41.5 Å². The lowest BCUT2D eigenvalue weighted by Gasteiger charge is -2.20. The maximum Gasteiger partial charge on any atom is 0.253 e. The van der Waals surface area contributed by atoms with Crippen LogP contribution in [0.5, 0.6) is 11.5 Å². The van der Waals surface area contributed by atoms with Gasteiger partial charge in [-0.15, -0.1) is 0 Å². The van der Waals surface area contributed by atoms with Crippen molar-refractivity contribution in [3.8, 4) is 17.2 Å². The van der Waals surface area contributed by atoms with Crippen molar-refractivity contribution in [1.29, 1.82) is 0 Å². The molecular weight excluding hydrogens is 344 g/mol. The summed E-state index contributed by atoms with van der Waals surface area (Å²) >= 11 is 0. The van der Waals surface area contributed by atoms with Gasteiger partial charge < -0.3 is 24.1 Å². The van der Waals surface area contributed by atoms with E-state index < -0.39 is 0 Å². The van der Waals surface area contributed by atoms with E-state index in [0.717, 1.165) is 48.0 Å². The monoisotopic (exact) mass is 370 g/mol. The lowest BCUT2D eigenvalue weighted by atomic mass is 10.1. The lowest BCUT2D eigenvalue weighted by Crippen LogP contribution is -2.40. The molecule has 1 fully saturated rings. The first-order valence-corrected chi connectivity index (χ1v) is 9.56. The number of nitrogens with zero attached hydrogens (tertiary/aromatic N) is 1. The first kappa shape index (κ1) is 17.9. The number of ether oxygens (including phenoxy) is 3. The second-order valence-electron chi connectivity index (χ2n) is 7.26. The fraction of sp³-hybridized carbons (Fsp3) is 0.476. The molecule has 2 unspecified atom stereocenters. The highest BCUT2D eigenvalue weighted by atomic mass is 16.6. The van der Waals surface area contributed by atoms with Crippen molar-refractivity contribution in [2.24, 2.45) is 0 Å². The summed E-state index contributed by atoms with van der Waals surface area (Å²) in [6, 6.07) is 7.80. The number of carbonyl (C=O) groups excluding carboxylic acids is 1. The lowest BCUT2D eigenvalue weighted by molar-refractivity contribution is 0.0712. The van der Waals surface area contributed by atoms with Gasteiger partial charge in [0.1, 0.15) is 13.2 Å². The van der Waals surface area contributed by atoms with Gasteiger partial charge in [-0.25, -0.2) is 0 Å². The summed E-state index contributed by atoms with van der Waals surface area (Å²) in [5, 5.41) is 3.10. The van der Waals surface area contributed by atoms with Crippen molar-refractivity contribution in [3.05, 3.63) is 41.2 Å². The molecule has 0 aliphatic carbocycles. The van der Waals surface area contributed by atoms with Crippen molar-refractivity contribution in [1.82, 2.24) is 9.88 Å². The highest BCUT2D eigenvalue weighted by Crippen LogP contribution is 2.33. The zero-order valence-electron chi connectivity index (χ0n) is 16.1. The summed E-state index contributed by atoms with van der Waals surface area (Å²) in [6.45, 7) is 7.88. The molecule has 0 bridgehead atoms. The number of carbonyl (C=O) groups is 1. The molecule has 27 heavy (non-hydrogen) atoms. The molecule has 2 aliphatic rings. The van der Waals surface area contributed by atoms with E-state index in [1.165, 1.54) is 0 Å². The number of aromatic nitrogens is 1. The fourth-order valence-corrected chi connectivity index (χ4v) is 3.94. The standard InChI is InChI=1S/C21H26N2O4/c1-13-11-17(21(24)22-14(2)18-5-4-8-25-18)15(3)23(13)16-6-7-19-20(12-16)27-10-9-26-19/h6-7,11-12,14,18H,4-5,8-10H2,1-3H3,(H,22,24). The summed E-state index contributed by atoms with van der Waals surface area (Å²) in [4.78, 5) is 12.8. The molecule has 0 radical (unpaired) electrons. The van der Waals surface area contributed by atoms with Crippen molar-refractivity contribution >= 4 is 5.91 Å². The molecule has 2 aliphatic heterocycles. The molecule has 6 heteroatoms. The van der Waals surface area contributed by atoms with Crippen LogP contribution in [-0.2, 0) is 4.74 Å². The smallest absolute Gasteiger partial charge is 0.253 e. The van der Waals surface area contributed by atoms with E-state index in [4.69, 9.17) is 14.2 Å². The average molecular weight is 370 g/mol. The molecule has 1 aromatic heterocycles. The van der Waals surface area contributed by atoms with Gasteiger partial charge >= 0.3 is 0 Å². The number of hydrogen-bond donors (Lipinski definition) is 1. The predicted octanol–water partition coefficient (Wildman–Crippen LogP) is 3.16. The van der Waals surface area contributed by atoms with Crippen LogP contribution >= 0.6 is 0 Å². The van der Waals surface area contributed by atoms with Gasteiger partial charge in [-0.1, -0.05) is 0 Å². The largest absolute Gasteiger partial charge is 0.486 e. The Morgan fingerprint density at radius 3 is 2.67 bits per heavy atom. The van der Waals surface area contributed by atoms with E-state index in [1.54, 1.807) is 0 Å². The quantitative estimate of drug-likeness (QED) is 0.898. The summed E-state index contributed by atoms with van der Waals surface area (Å²) in [5.41, 5.74) is 3.55. The van der Waals surface area contributed by atoms with Crippen LogP contribution in [0.25, 0.3) is 5.69 Å². The molecule has 6 nitrogen and oxygen atoms in total. The fourth-order valence-electron chi connectivity index (χ4n) is 3.94. The van der Waals surface area contributed by atoms with Crippen LogP contribution in [0.15, 0.2) is 24.3 Å². The van der Waals surface area contributed by atoms with Crippen molar-refractivity contribution in [3.63, 3.8) is 0 Å². The number of fused-ring (bicyclic) bond motifs is 1. The summed E-state index contributed by atoms with van der Waals surface area (Å²) < 4.78 is 19.1. The van der Waals surface area contributed by atoms with E-state index in [1.807, 2.05) is 45.0 Å². The van der Waals surface area contributed by atoms with Gasteiger partial charge in [0.25, 0.3) is 5.91 Å². The molecule has 3 heterocycles. The van der Waals surface area contributed by atoms with Crippen molar-refractivity contribution < 1.29 is 19.0 Å². The summed E-state index contributed by atoms with van der Waals surface area (Å²) in [5.74, 6) is 1.44. The van der Waals surface area contributed by atoms with Gasteiger partial charge in [-0.2, -0.15) is 0 Å². The summed E-state index contributed by atoms with van der Waals surface area (Å²) in [7, 11) is 0.